The third kappa shape index (κ3) is 4.21. The van der Waals surface area contributed by atoms with Crippen molar-refractivity contribution in [1.82, 2.24) is 19.8 Å². The van der Waals surface area contributed by atoms with Crippen LogP contribution in [0.2, 0.25) is 0 Å². The highest BCUT2D eigenvalue weighted by molar-refractivity contribution is 6.06. The summed E-state index contributed by atoms with van der Waals surface area (Å²) in [6.45, 7) is 10.8. The number of imidazole rings is 1. The van der Waals surface area contributed by atoms with Crippen LogP contribution in [0.15, 0.2) is 12.3 Å². The first-order chi connectivity index (χ1) is 11.3. The molecule has 0 atom stereocenters. The fourth-order valence-corrected chi connectivity index (χ4v) is 2.26. The summed E-state index contributed by atoms with van der Waals surface area (Å²) >= 11 is 0. The van der Waals surface area contributed by atoms with E-state index in [-0.39, 0.29) is 25.2 Å². The van der Waals surface area contributed by atoms with Gasteiger partial charge in [-0.25, -0.2) is 9.78 Å². The molecule has 0 aromatic carbocycles. The Labute approximate surface area is 143 Å². The zero-order valence-electron chi connectivity index (χ0n) is 14.9. The maximum atomic E-state index is 12.2. The van der Waals surface area contributed by atoms with Crippen LogP contribution in [0, 0.1) is 5.41 Å². The summed E-state index contributed by atoms with van der Waals surface area (Å²) in [7, 11) is 0. The Balaban J connectivity index is 0.00000185. The van der Waals surface area contributed by atoms with Crippen LogP contribution in [0.4, 0.5) is 4.79 Å². The van der Waals surface area contributed by atoms with E-state index in [1.54, 1.807) is 17.9 Å². The highest BCUT2D eigenvalue weighted by Crippen LogP contribution is 2.16. The molecular weight excluding hydrogens is 308 g/mol. The zero-order valence-corrected chi connectivity index (χ0v) is 14.9. The fraction of sp³-hybridized carbons (Fsp3) is 0.500. The summed E-state index contributed by atoms with van der Waals surface area (Å²) in [6, 6.07) is -0.0485. The van der Waals surface area contributed by atoms with Crippen molar-refractivity contribution in [2.24, 2.45) is 5.73 Å². The second-order valence-electron chi connectivity index (χ2n) is 5.44. The molecular formula is C16H28N6O2. The average Bonchev–Trinajstić information content (AvgIpc) is 3.15. The number of rotatable bonds is 4. The minimum Gasteiger partial charge on any atom is -0.363 e. The number of amides is 3. The van der Waals surface area contributed by atoms with Crippen LogP contribution in [0.5, 0.6) is 0 Å². The second-order valence-corrected chi connectivity index (χ2v) is 5.44. The number of amidine groups is 1. The van der Waals surface area contributed by atoms with E-state index in [0.29, 0.717) is 24.4 Å². The number of nitrogens with two attached hydrogens (primary N) is 1. The molecule has 0 spiro atoms. The van der Waals surface area contributed by atoms with E-state index < -0.39 is 5.91 Å². The van der Waals surface area contributed by atoms with E-state index in [4.69, 9.17) is 11.1 Å². The maximum Gasteiger partial charge on any atom is 0.326 e. The highest BCUT2D eigenvalue weighted by atomic mass is 16.2. The standard InChI is InChI=1S/C14H20N6O2.C2H6.H2/c1-8(2)19-4-5-20(14(19)22)11(15)6-9(3)10-7-17-13(18-10)12(16)21;1-2;/h6-8,15H,4-5H2,1-3H3,(H2,16,21)(H,17,18);1-2H3;1H/b9-6-,15-11?;;. The Bertz CT molecular complexity index is 653. The van der Waals surface area contributed by atoms with Gasteiger partial charge in [0.15, 0.2) is 5.82 Å². The number of carbonyl (C=O) groups is 2. The molecule has 1 saturated heterocycles. The number of primary amides is 1. The van der Waals surface area contributed by atoms with Gasteiger partial charge in [-0.2, -0.15) is 0 Å². The van der Waals surface area contributed by atoms with Crippen molar-refractivity contribution in [1.29, 1.82) is 5.41 Å². The first kappa shape index (κ1) is 19.4. The number of nitrogens with one attached hydrogen (secondary N) is 2. The smallest absolute Gasteiger partial charge is 0.326 e. The van der Waals surface area contributed by atoms with Crippen LogP contribution in [0.25, 0.3) is 5.57 Å². The molecule has 1 aliphatic rings. The molecule has 2 heterocycles. The normalized spacial score (nSPS) is 14.8. The topological polar surface area (TPSA) is 119 Å². The largest absolute Gasteiger partial charge is 0.363 e. The predicted octanol–water partition coefficient (Wildman–Crippen LogP) is 2.31. The van der Waals surface area contributed by atoms with Gasteiger partial charge in [0.1, 0.15) is 5.84 Å². The van der Waals surface area contributed by atoms with E-state index in [1.807, 2.05) is 27.7 Å². The van der Waals surface area contributed by atoms with Gasteiger partial charge in [-0.3, -0.25) is 15.1 Å². The van der Waals surface area contributed by atoms with Gasteiger partial charge in [0.25, 0.3) is 5.91 Å². The molecule has 3 amide bonds. The molecule has 2 rings (SSSR count). The number of urea groups is 1. The van der Waals surface area contributed by atoms with Crippen molar-refractivity contribution < 1.29 is 11.0 Å². The summed E-state index contributed by atoms with van der Waals surface area (Å²) < 4.78 is 0. The number of nitrogens with zero attached hydrogens (tertiary/aromatic N) is 3. The Morgan fingerprint density at radius 3 is 2.54 bits per heavy atom. The predicted molar refractivity (Wildman–Crippen MR) is 95.9 cm³/mol. The second kappa shape index (κ2) is 8.28. The molecule has 1 fully saturated rings. The Hall–Kier alpha value is -2.64. The molecule has 1 aromatic heterocycles. The Morgan fingerprint density at radius 2 is 2.08 bits per heavy atom. The van der Waals surface area contributed by atoms with Crippen molar-refractivity contribution in [2.75, 3.05) is 13.1 Å². The van der Waals surface area contributed by atoms with E-state index in [0.717, 1.165) is 0 Å². The molecule has 0 bridgehead atoms. The van der Waals surface area contributed by atoms with E-state index in [2.05, 4.69) is 9.97 Å². The lowest BCUT2D eigenvalue weighted by atomic mass is 10.2. The monoisotopic (exact) mass is 336 g/mol. The molecule has 0 radical (unpaired) electrons. The number of hydrogen-bond acceptors (Lipinski definition) is 4. The zero-order chi connectivity index (χ0) is 18.4. The summed E-state index contributed by atoms with van der Waals surface area (Å²) in [5.74, 6) is -0.463. The molecule has 8 nitrogen and oxygen atoms in total. The Morgan fingerprint density at radius 1 is 1.46 bits per heavy atom. The lowest BCUT2D eigenvalue weighted by Crippen LogP contribution is -2.38. The molecule has 1 aromatic rings. The van der Waals surface area contributed by atoms with Gasteiger partial charge in [0.2, 0.25) is 0 Å². The number of carbonyl (C=O) groups excluding carboxylic acids is 2. The maximum absolute atomic E-state index is 12.2. The number of allylic oxidation sites excluding steroid dienone is 1. The first-order valence-electron chi connectivity index (χ1n) is 8.01. The lowest BCUT2D eigenvalue weighted by molar-refractivity contribution is 0.0991. The van der Waals surface area contributed by atoms with Gasteiger partial charge in [0.05, 0.1) is 11.9 Å². The summed E-state index contributed by atoms with van der Waals surface area (Å²) in [5, 5.41) is 8.09. The van der Waals surface area contributed by atoms with Crippen LogP contribution in [0.3, 0.4) is 0 Å². The third-order valence-electron chi connectivity index (χ3n) is 3.54. The molecule has 24 heavy (non-hydrogen) atoms. The van der Waals surface area contributed by atoms with Crippen LogP contribution >= 0.6 is 0 Å². The molecule has 8 heteroatoms. The van der Waals surface area contributed by atoms with Crippen LogP contribution in [-0.2, 0) is 0 Å². The summed E-state index contributed by atoms with van der Waals surface area (Å²) in [5.41, 5.74) is 6.42. The number of hydrogen-bond donors (Lipinski definition) is 3. The molecule has 1 aliphatic heterocycles. The van der Waals surface area contributed by atoms with Crippen molar-refractivity contribution in [3.05, 3.63) is 23.8 Å². The van der Waals surface area contributed by atoms with Gasteiger partial charge >= 0.3 is 6.03 Å². The van der Waals surface area contributed by atoms with Crippen molar-refractivity contribution in [3.63, 3.8) is 0 Å². The number of H-pyrrole nitrogens is 1. The van der Waals surface area contributed by atoms with E-state index in [9.17, 15) is 9.59 Å². The highest BCUT2D eigenvalue weighted by Gasteiger charge is 2.31. The van der Waals surface area contributed by atoms with Gasteiger partial charge in [-0.05, 0) is 32.4 Å². The molecule has 0 saturated carbocycles. The molecule has 4 N–H and O–H groups in total. The van der Waals surface area contributed by atoms with Crippen LogP contribution in [-0.4, -0.2) is 56.7 Å². The van der Waals surface area contributed by atoms with Gasteiger partial charge in [-0.1, -0.05) is 13.8 Å². The third-order valence-corrected chi connectivity index (χ3v) is 3.54. The Kier molecular flexibility index (Phi) is 6.69. The number of aromatic amines is 1. The molecule has 0 aliphatic carbocycles. The lowest BCUT2D eigenvalue weighted by Gasteiger charge is -2.21. The minimum atomic E-state index is -0.642. The summed E-state index contributed by atoms with van der Waals surface area (Å²) in [4.78, 5) is 33.0. The average molecular weight is 336 g/mol. The van der Waals surface area contributed by atoms with Crippen LogP contribution < -0.4 is 5.73 Å². The summed E-state index contributed by atoms with van der Waals surface area (Å²) in [6.07, 6.45) is 3.05. The fourth-order valence-electron chi connectivity index (χ4n) is 2.26. The number of aromatic nitrogens is 2. The molecule has 0 unspecified atom stereocenters. The quantitative estimate of drug-likeness (QED) is 0.578. The van der Waals surface area contributed by atoms with Crippen molar-refractivity contribution in [2.45, 2.75) is 40.7 Å². The van der Waals surface area contributed by atoms with Crippen LogP contribution in [0.1, 0.15) is 52.4 Å². The van der Waals surface area contributed by atoms with Crippen molar-refractivity contribution >= 4 is 23.3 Å². The van der Waals surface area contributed by atoms with Crippen molar-refractivity contribution in [3.8, 4) is 0 Å². The van der Waals surface area contributed by atoms with Gasteiger partial charge < -0.3 is 15.6 Å². The van der Waals surface area contributed by atoms with E-state index in [1.165, 1.54) is 11.1 Å². The minimum absolute atomic E-state index is 0. The molecule has 134 valence electrons. The van der Waals surface area contributed by atoms with Gasteiger partial charge in [-0.15, -0.1) is 0 Å². The SMILES string of the molecule is C/C(=C/C(=N)N1CCN(C(C)C)C1=O)c1cnc(C(N)=O)[nH]1.CC.[HH]. The van der Waals surface area contributed by atoms with E-state index >= 15 is 0 Å². The first-order valence-corrected chi connectivity index (χ1v) is 8.01. The van der Waals surface area contributed by atoms with Gasteiger partial charge in [0, 0.05) is 20.6 Å².